The Labute approximate surface area is 78.1 Å². The molecule has 0 aliphatic carbocycles. The van der Waals surface area contributed by atoms with Crippen molar-refractivity contribution >= 4 is 15.0 Å². The fraction of sp³-hybridized carbons (Fsp3) is 0.500. The third-order valence-electron chi connectivity index (χ3n) is 0.281. The van der Waals surface area contributed by atoms with Gasteiger partial charge in [-0.25, -0.2) is 4.79 Å². The van der Waals surface area contributed by atoms with Crippen molar-refractivity contribution in [3.8, 4) is 0 Å². The average molecular weight is 159 g/mol. The molecule has 0 fully saturated rings. The minimum atomic E-state index is -0.797. The van der Waals surface area contributed by atoms with Crippen LogP contribution in [0.4, 0.5) is 4.79 Å². The van der Waals surface area contributed by atoms with E-state index >= 15 is 0 Å². The fourth-order valence-electron chi connectivity index (χ4n) is 0.111. The molecule has 0 aromatic carbocycles. The summed E-state index contributed by atoms with van der Waals surface area (Å²) in [7, 11) is 1.32. The molecule has 0 rings (SSSR count). The minimum absolute atomic E-state index is 0. The SMILES string of the molecule is COPN=NC(N)=O.[H-].[Na+]. The molecule has 0 saturated heterocycles. The van der Waals surface area contributed by atoms with Gasteiger partial charge in [0, 0.05) is 7.11 Å². The van der Waals surface area contributed by atoms with Crippen molar-refractivity contribution in [1.82, 2.24) is 0 Å². The second-order valence-corrected chi connectivity index (χ2v) is 1.62. The number of nitrogens with two attached hydrogens (primary N) is 1. The zero-order valence-corrected chi connectivity index (χ0v) is 8.29. The monoisotopic (exact) mass is 159 g/mol. The summed E-state index contributed by atoms with van der Waals surface area (Å²) in [6.07, 6.45) is 0. The molecule has 1 atom stereocenters. The van der Waals surface area contributed by atoms with Gasteiger partial charge in [0.15, 0.2) is 8.96 Å². The number of carbonyl (C=O) groups is 1. The summed E-state index contributed by atoms with van der Waals surface area (Å²) in [6.45, 7) is 0. The predicted molar refractivity (Wildman–Crippen MR) is 30.9 cm³/mol. The van der Waals surface area contributed by atoms with E-state index < -0.39 is 6.03 Å². The molecule has 7 heteroatoms. The van der Waals surface area contributed by atoms with E-state index in [-0.39, 0.29) is 39.9 Å². The van der Waals surface area contributed by atoms with Gasteiger partial charge in [-0.05, 0) is 0 Å². The van der Waals surface area contributed by atoms with Crippen molar-refractivity contribution in [3.63, 3.8) is 0 Å². The maximum absolute atomic E-state index is 9.78. The Morgan fingerprint density at radius 1 is 1.89 bits per heavy atom. The largest absolute Gasteiger partial charge is 1.00 e. The molecule has 0 saturated carbocycles. The van der Waals surface area contributed by atoms with Gasteiger partial charge in [-0.2, -0.15) is 0 Å². The van der Waals surface area contributed by atoms with Crippen LogP contribution in [0, 0.1) is 0 Å². The molecule has 0 radical (unpaired) electrons. The zero-order chi connectivity index (χ0) is 6.41. The van der Waals surface area contributed by atoms with Crippen molar-refractivity contribution < 1.29 is 40.3 Å². The van der Waals surface area contributed by atoms with Gasteiger partial charge in [0.25, 0.3) is 0 Å². The molecule has 0 spiro atoms. The molecule has 9 heavy (non-hydrogen) atoms. The summed E-state index contributed by atoms with van der Waals surface area (Å²) in [5.41, 5.74) is 4.58. The molecule has 0 aliphatic heterocycles. The van der Waals surface area contributed by atoms with Gasteiger partial charge in [0.1, 0.15) is 0 Å². The van der Waals surface area contributed by atoms with Crippen LogP contribution in [0.1, 0.15) is 1.43 Å². The first kappa shape index (κ1) is 12.2. The molecule has 0 aromatic heterocycles. The maximum atomic E-state index is 9.78. The van der Waals surface area contributed by atoms with Crippen LogP contribution in [0.5, 0.6) is 0 Å². The standard InChI is InChI=1S/C2H6N3O2P.Na.H/c1-7-8-5-4-2(3)6;;/h8H,1H3,(H2,3,6);;/q;+1;-1. The Morgan fingerprint density at radius 3 is 2.78 bits per heavy atom. The van der Waals surface area contributed by atoms with Gasteiger partial charge in [0.2, 0.25) is 0 Å². The minimum Gasteiger partial charge on any atom is -1.00 e. The van der Waals surface area contributed by atoms with Crippen LogP contribution in [0.2, 0.25) is 0 Å². The third-order valence-corrected chi connectivity index (χ3v) is 0.645. The first-order valence-electron chi connectivity index (χ1n) is 1.75. The number of carbonyl (C=O) groups excluding carboxylic acids is 1. The van der Waals surface area contributed by atoms with Gasteiger partial charge < -0.3 is 11.7 Å². The Morgan fingerprint density at radius 2 is 2.44 bits per heavy atom. The van der Waals surface area contributed by atoms with E-state index in [1.807, 2.05) is 0 Å². The molecular weight excluding hydrogens is 152 g/mol. The summed E-state index contributed by atoms with van der Waals surface area (Å²) in [4.78, 5) is 13.0. The summed E-state index contributed by atoms with van der Waals surface area (Å²) in [5.74, 6) is 0. The van der Waals surface area contributed by atoms with E-state index in [2.05, 4.69) is 20.3 Å². The Hall–Kier alpha value is 0.460. The van der Waals surface area contributed by atoms with E-state index in [9.17, 15) is 4.79 Å². The summed E-state index contributed by atoms with van der Waals surface area (Å²) in [5, 5.41) is 2.97. The number of hydrogen-bond acceptors (Lipinski definition) is 3. The van der Waals surface area contributed by atoms with Crippen molar-refractivity contribution in [2.45, 2.75) is 0 Å². The fourth-order valence-corrected chi connectivity index (χ4v) is 0.332. The normalized spacial score (nSPS) is 10.3. The van der Waals surface area contributed by atoms with Crippen molar-refractivity contribution in [1.29, 1.82) is 0 Å². The van der Waals surface area contributed by atoms with E-state index in [4.69, 9.17) is 0 Å². The van der Waals surface area contributed by atoms with Crippen molar-refractivity contribution in [2.75, 3.05) is 7.11 Å². The summed E-state index contributed by atoms with van der Waals surface area (Å²) < 4.78 is 4.45. The van der Waals surface area contributed by atoms with Crippen LogP contribution >= 0.6 is 8.96 Å². The van der Waals surface area contributed by atoms with Gasteiger partial charge in [-0.1, -0.05) is 5.11 Å². The number of nitrogens with zero attached hydrogens (tertiary/aromatic N) is 2. The first-order chi connectivity index (χ1) is 3.77. The van der Waals surface area contributed by atoms with E-state index in [1.165, 1.54) is 7.11 Å². The molecule has 1 unspecified atom stereocenters. The van der Waals surface area contributed by atoms with Crippen LogP contribution in [-0.2, 0) is 4.52 Å². The van der Waals surface area contributed by atoms with Gasteiger partial charge >= 0.3 is 35.6 Å². The Bertz CT molecular complexity index is 113. The first-order valence-corrected chi connectivity index (χ1v) is 2.61. The van der Waals surface area contributed by atoms with Crippen LogP contribution in [-0.4, -0.2) is 13.1 Å². The van der Waals surface area contributed by atoms with Crippen molar-refractivity contribution in [2.24, 2.45) is 15.7 Å². The molecular formula is C2H7N3NaO2P. The van der Waals surface area contributed by atoms with E-state index in [0.29, 0.717) is 0 Å². The summed E-state index contributed by atoms with van der Waals surface area (Å²) in [6, 6.07) is -0.797. The second kappa shape index (κ2) is 8.46. The molecule has 2 N–H and O–H groups in total. The maximum Gasteiger partial charge on any atom is 1.00 e. The van der Waals surface area contributed by atoms with Crippen LogP contribution < -0.4 is 35.3 Å². The summed E-state index contributed by atoms with van der Waals surface area (Å²) >= 11 is 0. The molecule has 48 valence electrons. The average Bonchev–Trinajstić information content (AvgIpc) is 1.66. The Kier molecular flexibility index (Phi) is 11.4. The number of hydrogen-bond donors (Lipinski definition) is 1. The van der Waals surface area contributed by atoms with Crippen LogP contribution in [0.25, 0.3) is 0 Å². The zero-order valence-electron chi connectivity index (χ0n) is 6.29. The van der Waals surface area contributed by atoms with Crippen LogP contribution in [0.3, 0.4) is 0 Å². The van der Waals surface area contributed by atoms with Crippen molar-refractivity contribution in [3.05, 3.63) is 0 Å². The third kappa shape index (κ3) is 11.8. The smallest absolute Gasteiger partial charge is 1.00 e. The van der Waals surface area contributed by atoms with Gasteiger partial charge in [-0.15, -0.1) is 4.88 Å². The molecule has 2 amide bonds. The number of urea groups is 1. The van der Waals surface area contributed by atoms with Crippen LogP contribution in [0.15, 0.2) is 10.00 Å². The predicted octanol–water partition coefficient (Wildman–Crippen LogP) is -2.21. The van der Waals surface area contributed by atoms with E-state index in [0.717, 1.165) is 0 Å². The number of amides is 2. The molecule has 5 nitrogen and oxygen atoms in total. The topological polar surface area (TPSA) is 77.0 Å². The van der Waals surface area contributed by atoms with Gasteiger partial charge in [-0.3, -0.25) is 0 Å². The Balaban J connectivity index is -0.000000245. The number of rotatable bonds is 2. The van der Waals surface area contributed by atoms with E-state index in [1.54, 1.807) is 0 Å². The number of primary amides is 1. The van der Waals surface area contributed by atoms with Gasteiger partial charge in [0.05, 0.1) is 0 Å². The molecule has 0 aliphatic rings. The molecule has 0 heterocycles. The molecule has 0 bridgehead atoms. The quantitative estimate of drug-likeness (QED) is 0.281. The second-order valence-electron chi connectivity index (χ2n) is 0.834. The molecule has 0 aromatic rings.